The molecule has 2 rings (SSSR count). The molecule has 0 bridgehead atoms. The van der Waals surface area contributed by atoms with Crippen LogP contribution in [0.5, 0.6) is 0 Å². The largest absolute Gasteiger partial charge is 0.303 e. The van der Waals surface area contributed by atoms with Crippen LogP contribution in [-0.4, -0.2) is 6.29 Å². The van der Waals surface area contributed by atoms with Crippen molar-refractivity contribution in [1.29, 1.82) is 0 Å². The first-order valence-corrected chi connectivity index (χ1v) is 4.92. The van der Waals surface area contributed by atoms with Gasteiger partial charge in [-0.1, -0.05) is 17.7 Å². The van der Waals surface area contributed by atoms with Gasteiger partial charge in [0.15, 0.2) is 0 Å². The Labute approximate surface area is 82.7 Å². The molecule has 1 aromatic rings. The Balaban J connectivity index is 2.45. The summed E-state index contributed by atoms with van der Waals surface area (Å²) < 4.78 is 0. The molecule has 0 saturated carbocycles. The Bertz CT molecular complexity index is 333. The summed E-state index contributed by atoms with van der Waals surface area (Å²) in [6, 6.07) is 5.82. The highest BCUT2D eigenvalue weighted by Crippen LogP contribution is 2.31. The van der Waals surface area contributed by atoms with E-state index in [0.717, 1.165) is 30.6 Å². The van der Waals surface area contributed by atoms with Crippen molar-refractivity contribution in [1.82, 2.24) is 0 Å². The van der Waals surface area contributed by atoms with Crippen LogP contribution in [0.3, 0.4) is 0 Å². The molecule has 68 valence electrons. The summed E-state index contributed by atoms with van der Waals surface area (Å²) in [5, 5.41) is 0.769. The maximum absolute atomic E-state index is 10.8. The van der Waals surface area contributed by atoms with Crippen molar-refractivity contribution >= 4 is 17.9 Å². The van der Waals surface area contributed by atoms with E-state index >= 15 is 0 Å². The monoisotopic (exact) mass is 194 g/mol. The van der Waals surface area contributed by atoms with Crippen LogP contribution in [0.4, 0.5) is 0 Å². The molecule has 0 fully saturated rings. The Hall–Kier alpha value is -0.820. The first-order chi connectivity index (χ1) is 6.31. The number of fused-ring (bicyclic) bond motifs is 1. The summed E-state index contributed by atoms with van der Waals surface area (Å²) >= 11 is 5.88. The summed E-state index contributed by atoms with van der Waals surface area (Å²) in [4.78, 5) is 10.8. The zero-order valence-electron chi connectivity index (χ0n) is 7.29. The third kappa shape index (κ3) is 1.61. The second-order valence-corrected chi connectivity index (χ2v) is 3.91. The standard InChI is InChI=1S/C11H11ClO/c12-10-4-5-11-8(6-10)2-1-3-9(11)7-13/h4-7,9H,1-3H2/t9-/m1/s1. The minimum Gasteiger partial charge on any atom is -0.303 e. The number of rotatable bonds is 1. The highest BCUT2D eigenvalue weighted by Gasteiger charge is 2.19. The van der Waals surface area contributed by atoms with Gasteiger partial charge in [-0.3, -0.25) is 0 Å². The maximum atomic E-state index is 10.8. The lowest BCUT2D eigenvalue weighted by Crippen LogP contribution is -2.10. The minimum atomic E-state index is 0.0982. The van der Waals surface area contributed by atoms with E-state index in [9.17, 15) is 4.79 Å². The molecule has 1 aliphatic carbocycles. The molecule has 0 heterocycles. The molecule has 0 aromatic heterocycles. The molecule has 0 unspecified atom stereocenters. The third-order valence-corrected chi connectivity index (χ3v) is 2.87. The number of halogens is 1. The predicted molar refractivity (Wildman–Crippen MR) is 53.2 cm³/mol. The fourth-order valence-corrected chi connectivity index (χ4v) is 2.16. The summed E-state index contributed by atoms with van der Waals surface area (Å²) in [5.41, 5.74) is 2.42. The average molecular weight is 195 g/mol. The molecule has 2 heteroatoms. The number of hydrogen-bond donors (Lipinski definition) is 0. The van der Waals surface area contributed by atoms with Crippen LogP contribution in [0.2, 0.25) is 5.02 Å². The summed E-state index contributed by atoms with van der Waals surface area (Å²) in [6.07, 6.45) is 4.18. The fourth-order valence-electron chi connectivity index (χ4n) is 1.96. The number of carbonyl (C=O) groups excluding carboxylic acids is 1. The molecule has 13 heavy (non-hydrogen) atoms. The zero-order valence-corrected chi connectivity index (χ0v) is 8.05. The van der Waals surface area contributed by atoms with Crippen LogP contribution in [0.25, 0.3) is 0 Å². The average Bonchev–Trinajstić information content (AvgIpc) is 2.16. The van der Waals surface area contributed by atoms with Crippen molar-refractivity contribution in [3.8, 4) is 0 Å². The zero-order chi connectivity index (χ0) is 9.26. The topological polar surface area (TPSA) is 17.1 Å². The van der Waals surface area contributed by atoms with Gasteiger partial charge >= 0.3 is 0 Å². The number of benzene rings is 1. The molecule has 0 spiro atoms. The normalized spacial score (nSPS) is 20.8. The maximum Gasteiger partial charge on any atom is 0.127 e. The summed E-state index contributed by atoms with van der Waals surface area (Å²) in [5.74, 6) is 0.0982. The van der Waals surface area contributed by atoms with Crippen molar-refractivity contribution in [3.05, 3.63) is 34.3 Å². The van der Waals surface area contributed by atoms with Crippen LogP contribution < -0.4 is 0 Å². The van der Waals surface area contributed by atoms with Crippen molar-refractivity contribution in [2.75, 3.05) is 0 Å². The SMILES string of the molecule is O=C[C@H]1CCCc2cc(Cl)ccc21. The second kappa shape index (κ2) is 3.51. The van der Waals surface area contributed by atoms with Gasteiger partial charge in [0.25, 0.3) is 0 Å². The van der Waals surface area contributed by atoms with Gasteiger partial charge in [0.05, 0.1) is 0 Å². The van der Waals surface area contributed by atoms with Gasteiger partial charge in [-0.25, -0.2) is 0 Å². The molecule has 0 N–H and O–H groups in total. The Morgan fingerprint density at radius 3 is 3.08 bits per heavy atom. The molecule has 1 aromatic carbocycles. The van der Waals surface area contributed by atoms with Crippen molar-refractivity contribution in [2.24, 2.45) is 0 Å². The van der Waals surface area contributed by atoms with E-state index in [0.29, 0.717) is 0 Å². The van der Waals surface area contributed by atoms with E-state index in [4.69, 9.17) is 11.6 Å². The van der Waals surface area contributed by atoms with Gasteiger partial charge in [0.2, 0.25) is 0 Å². The predicted octanol–water partition coefficient (Wildman–Crippen LogP) is 2.96. The Morgan fingerprint density at radius 1 is 1.46 bits per heavy atom. The van der Waals surface area contributed by atoms with E-state index in [1.165, 1.54) is 11.1 Å². The molecular weight excluding hydrogens is 184 g/mol. The molecule has 1 atom stereocenters. The van der Waals surface area contributed by atoms with Gasteiger partial charge in [-0.05, 0) is 42.5 Å². The van der Waals surface area contributed by atoms with Crippen molar-refractivity contribution < 1.29 is 4.79 Å². The van der Waals surface area contributed by atoms with Gasteiger partial charge in [0.1, 0.15) is 6.29 Å². The highest BCUT2D eigenvalue weighted by atomic mass is 35.5. The van der Waals surface area contributed by atoms with Crippen LogP contribution in [0.1, 0.15) is 29.9 Å². The molecule has 0 aliphatic heterocycles. The second-order valence-electron chi connectivity index (χ2n) is 3.48. The molecular formula is C11H11ClO. The lowest BCUT2D eigenvalue weighted by atomic mass is 9.84. The number of carbonyl (C=O) groups is 1. The number of aldehydes is 1. The lowest BCUT2D eigenvalue weighted by molar-refractivity contribution is -0.109. The summed E-state index contributed by atoms with van der Waals surface area (Å²) in [7, 11) is 0. The van der Waals surface area contributed by atoms with E-state index in [-0.39, 0.29) is 5.92 Å². The molecule has 1 aliphatic rings. The fraction of sp³-hybridized carbons (Fsp3) is 0.364. The van der Waals surface area contributed by atoms with E-state index in [2.05, 4.69) is 0 Å². The quantitative estimate of drug-likeness (QED) is 0.629. The van der Waals surface area contributed by atoms with Crippen LogP contribution in [-0.2, 0) is 11.2 Å². The first-order valence-electron chi connectivity index (χ1n) is 4.55. The van der Waals surface area contributed by atoms with Gasteiger partial charge < -0.3 is 4.79 Å². The van der Waals surface area contributed by atoms with Crippen LogP contribution in [0.15, 0.2) is 18.2 Å². The van der Waals surface area contributed by atoms with Crippen molar-refractivity contribution in [2.45, 2.75) is 25.2 Å². The number of hydrogen-bond acceptors (Lipinski definition) is 1. The highest BCUT2D eigenvalue weighted by molar-refractivity contribution is 6.30. The third-order valence-electron chi connectivity index (χ3n) is 2.63. The van der Waals surface area contributed by atoms with Crippen LogP contribution in [0, 0.1) is 0 Å². The van der Waals surface area contributed by atoms with E-state index in [1.807, 2.05) is 18.2 Å². The number of aryl methyl sites for hydroxylation is 1. The van der Waals surface area contributed by atoms with Crippen LogP contribution >= 0.6 is 11.6 Å². The Morgan fingerprint density at radius 2 is 2.31 bits per heavy atom. The smallest absolute Gasteiger partial charge is 0.127 e. The first kappa shape index (κ1) is 8.76. The molecule has 1 nitrogen and oxygen atoms in total. The van der Waals surface area contributed by atoms with Crippen molar-refractivity contribution in [3.63, 3.8) is 0 Å². The lowest BCUT2D eigenvalue weighted by Gasteiger charge is -2.20. The minimum absolute atomic E-state index is 0.0982. The van der Waals surface area contributed by atoms with E-state index < -0.39 is 0 Å². The van der Waals surface area contributed by atoms with E-state index in [1.54, 1.807) is 0 Å². The molecule has 0 radical (unpaired) electrons. The molecule has 0 saturated heterocycles. The van der Waals surface area contributed by atoms with Gasteiger partial charge in [-0.15, -0.1) is 0 Å². The van der Waals surface area contributed by atoms with Gasteiger partial charge in [0, 0.05) is 10.9 Å². The Kier molecular flexibility index (Phi) is 2.36. The van der Waals surface area contributed by atoms with Gasteiger partial charge in [-0.2, -0.15) is 0 Å². The molecule has 0 amide bonds. The summed E-state index contributed by atoms with van der Waals surface area (Å²) in [6.45, 7) is 0.